The lowest BCUT2D eigenvalue weighted by atomic mass is 9.81. The summed E-state index contributed by atoms with van der Waals surface area (Å²) in [5.74, 6) is 0. The van der Waals surface area contributed by atoms with E-state index in [1.54, 1.807) is 0 Å². The van der Waals surface area contributed by atoms with Crippen LogP contribution in [0.4, 0.5) is 0 Å². The summed E-state index contributed by atoms with van der Waals surface area (Å²) in [6.45, 7) is 0. The van der Waals surface area contributed by atoms with Crippen molar-refractivity contribution < 1.29 is 0 Å². The maximum atomic E-state index is 9.38. The first-order valence-electron chi connectivity index (χ1n) is 7.39. The van der Waals surface area contributed by atoms with E-state index in [2.05, 4.69) is 54.0 Å². The van der Waals surface area contributed by atoms with Crippen LogP contribution in [0.3, 0.4) is 0 Å². The van der Waals surface area contributed by atoms with Crippen LogP contribution < -0.4 is 0 Å². The third kappa shape index (κ3) is 2.13. The Balaban J connectivity index is 2.19. The fraction of sp³-hybridized carbons (Fsp3) is 0.0526. The monoisotopic (exact) mass is 439 g/mol. The molecule has 0 saturated carbocycles. The molecule has 0 unspecified atom stereocenters. The Hall–Kier alpha value is -2.07. The van der Waals surface area contributed by atoms with Crippen molar-refractivity contribution in [2.24, 2.45) is 5.11 Å². The lowest BCUT2D eigenvalue weighted by Gasteiger charge is -2.27. The van der Waals surface area contributed by atoms with E-state index in [9.17, 15) is 5.53 Å². The Morgan fingerprint density at radius 3 is 1.83 bits per heavy atom. The molecule has 4 rings (SSSR count). The Morgan fingerprint density at radius 1 is 0.792 bits per heavy atom. The summed E-state index contributed by atoms with van der Waals surface area (Å²) in [6, 6.07) is 22.2. The highest BCUT2D eigenvalue weighted by Crippen LogP contribution is 2.54. The van der Waals surface area contributed by atoms with Crippen LogP contribution in [-0.2, 0) is 5.54 Å². The largest absolute Gasteiger partial charge is 0.125 e. The second-order valence-corrected chi connectivity index (χ2v) is 7.48. The van der Waals surface area contributed by atoms with Gasteiger partial charge in [0.1, 0.15) is 5.54 Å². The molecule has 0 spiro atoms. The molecule has 3 nitrogen and oxygen atoms in total. The molecule has 0 fully saturated rings. The van der Waals surface area contributed by atoms with E-state index in [0.29, 0.717) is 0 Å². The van der Waals surface area contributed by atoms with Gasteiger partial charge < -0.3 is 0 Å². The van der Waals surface area contributed by atoms with Crippen LogP contribution in [-0.4, -0.2) is 0 Å². The van der Waals surface area contributed by atoms with Gasteiger partial charge in [0.2, 0.25) is 0 Å². The molecule has 0 amide bonds. The van der Waals surface area contributed by atoms with Gasteiger partial charge in [-0.3, -0.25) is 0 Å². The minimum absolute atomic E-state index is 0.867. The molecule has 24 heavy (non-hydrogen) atoms. The topological polar surface area (TPSA) is 48.8 Å². The zero-order valence-electron chi connectivity index (χ0n) is 12.4. The molecule has 0 aliphatic heterocycles. The Kier molecular flexibility index (Phi) is 3.72. The van der Waals surface area contributed by atoms with Crippen LogP contribution in [0.5, 0.6) is 0 Å². The van der Waals surface area contributed by atoms with Crippen molar-refractivity contribution >= 4 is 31.9 Å². The van der Waals surface area contributed by atoms with Crippen LogP contribution in [0.1, 0.15) is 16.7 Å². The van der Waals surface area contributed by atoms with Crippen LogP contribution >= 0.6 is 31.9 Å². The van der Waals surface area contributed by atoms with Gasteiger partial charge in [0.25, 0.3) is 0 Å². The number of hydrogen-bond donors (Lipinski definition) is 0. The highest BCUT2D eigenvalue weighted by atomic mass is 79.9. The predicted molar refractivity (Wildman–Crippen MR) is 103 cm³/mol. The summed E-state index contributed by atoms with van der Waals surface area (Å²) in [5, 5.41) is 4.33. The van der Waals surface area contributed by atoms with Gasteiger partial charge in [0.15, 0.2) is 0 Å². The number of azide groups is 1. The summed E-state index contributed by atoms with van der Waals surface area (Å²) >= 11 is 7.11. The molecule has 0 atom stereocenters. The minimum Gasteiger partial charge on any atom is -0.0730 e. The fourth-order valence-electron chi connectivity index (χ4n) is 3.47. The van der Waals surface area contributed by atoms with Gasteiger partial charge in [0, 0.05) is 13.9 Å². The van der Waals surface area contributed by atoms with Crippen molar-refractivity contribution in [1.82, 2.24) is 0 Å². The Morgan fingerprint density at radius 2 is 1.33 bits per heavy atom. The standard InChI is InChI=1S/C19H11Br2N3/c20-13-6-8-15-16-9-7-14(21)11-18(16)19(23-24-22,17(15)10-13)12-4-2-1-3-5-12/h1-11H. The maximum Gasteiger partial charge on any atom is 0.125 e. The quantitative estimate of drug-likeness (QED) is 0.239. The average Bonchev–Trinajstić information content (AvgIpc) is 2.86. The van der Waals surface area contributed by atoms with Crippen molar-refractivity contribution in [2.75, 3.05) is 0 Å². The summed E-state index contributed by atoms with van der Waals surface area (Å²) in [4.78, 5) is 3.22. The number of nitrogens with zero attached hydrogens (tertiary/aromatic N) is 3. The van der Waals surface area contributed by atoms with Crippen LogP contribution in [0.25, 0.3) is 21.6 Å². The van der Waals surface area contributed by atoms with E-state index < -0.39 is 5.54 Å². The molecule has 3 aromatic carbocycles. The lowest BCUT2D eigenvalue weighted by molar-refractivity contribution is 0.665. The van der Waals surface area contributed by atoms with Crippen LogP contribution in [0, 0.1) is 0 Å². The van der Waals surface area contributed by atoms with Gasteiger partial charge in [-0.2, -0.15) is 0 Å². The van der Waals surface area contributed by atoms with Crippen molar-refractivity contribution in [3.63, 3.8) is 0 Å². The van der Waals surface area contributed by atoms with E-state index in [-0.39, 0.29) is 0 Å². The molecular weight excluding hydrogens is 430 g/mol. The highest BCUT2D eigenvalue weighted by molar-refractivity contribution is 9.10. The van der Waals surface area contributed by atoms with Gasteiger partial charge in [-0.25, -0.2) is 0 Å². The van der Waals surface area contributed by atoms with Crippen molar-refractivity contribution in [3.05, 3.63) is 103 Å². The number of halogens is 2. The zero-order chi connectivity index (χ0) is 16.7. The molecular formula is C19H11Br2N3. The van der Waals surface area contributed by atoms with Gasteiger partial charge in [-0.05, 0) is 57.6 Å². The van der Waals surface area contributed by atoms with E-state index in [1.165, 1.54) is 0 Å². The Labute approximate surface area is 156 Å². The average molecular weight is 441 g/mol. The molecule has 116 valence electrons. The van der Waals surface area contributed by atoms with E-state index >= 15 is 0 Å². The SMILES string of the molecule is [N-]=[N+]=NC1(c2ccccc2)c2cc(Br)ccc2-c2ccc(Br)cc21. The number of fused-ring (bicyclic) bond motifs is 3. The number of rotatable bonds is 2. The summed E-state index contributed by atoms with van der Waals surface area (Å²) < 4.78 is 1.92. The third-order valence-corrected chi connectivity index (χ3v) is 5.41. The molecule has 0 N–H and O–H groups in total. The molecule has 0 heterocycles. The molecule has 0 saturated heterocycles. The van der Waals surface area contributed by atoms with Crippen LogP contribution in [0.15, 0.2) is 80.8 Å². The molecule has 0 bridgehead atoms. The number of hydrogen-bond acceptors (Lipinski definition) is 1. The fourth-order valence-corrected chi connectivity index (χ4v) is 4.19. The third-order valence-electron chi connectivity index (χ3n) is 4.42. The zero-order valence-corrected chi connectivity index (χ0v) is 15.6. The highest BCUT2D eigenvalue weighted by Gasteiger charge is 2.44. The molecule has 3 aromatic rings. The van der Waals surface area contributed by atoms with E-state index in [0.717, 1.165) is 36.8 Å². The molecule has 0 radical (unpaired) electrons. The summed E-state index contributed by atoms with van der Waals surface area (Å²) in [5.41, 5.74) is 13.6. The van der Waals surface area contributed by atoms with Gasteiger partial charge >= 0.3 is 0 Å². The molecule has 1 aliphatic rings. The van der Waals surface area contributed by atoms with Gasteiger partial charge in [0.05, 0.1) is 0 Å². The molecule has 5 heteroatoms. The van der Waals surface area contributed by atoms with E-state index in [1.807, 2.05) is 54.6 Å². The first-order valence-corrected chi connectivity index (χ1v) is 8.97. The predicted octanol–water partition coefficient (Wildman–Crippen LogP) is 6.79. The van der Waals surface area contributed by atoms with Crippen molar-refractivity contribution in [3.8, 4) is 11.1 Å². The summed E-state index contributed by atoms with van der Waals surface area (Å²) in [6.07, 6.45) is 0. The van der Waals surface area contributed by atoms with E-state index in [4.69, 9.17) is 0 Å². The van der Waals surface area contributed by atoms with Gasteiger partial charge in [-0.15, -0.1) is 0 Å². The molecule has 0 aromatic heterocycles. The summed E-state index contributed by atoms with van der Waals surface area (Å²) in [7, 11) is 0. The second-order valence-electron chi connectivity index (χ2n) is 5.65. The first-order chi connectivity index (χ1) is 11.7. The Bertz CT molecular complexity index is 941. The second kappa shape index (κ2) is 5.78. The lowest BCUT2D eigenvalue weighted by Crippen LogP contribution is -2.23. The minimum atomic E-state index is -0.867. The smallest absolute Gasteiger partial charge is 0.0730 e. The normalized spacial score (nSPS) is 13.8. The molecule has 1 aliphatic carbocycles. The maximum absolute atomic E-state index is 9.38. The van der Waals surface area contributed by atoms with Crippen molar-refractivity contribution in [2.45, 2.75) is 5.54 Å². The number of benzene rings is 3. The van der Waals surface area contributed by atoms with Gasteiger partial charge in [-0.1, -0.05) is 79.4 Å². The van der Waals surface area contributed by atoms with Crippen LogP contribution in [0.2, 0.25) is 0 Å². The first kappa shape index (κ1) is 15.5. The van der Waals surface area contributed by atoms with Crippen molar-refractivity contribution in [1.29, 1.82) is 0 Å².